The molecule has 0 radical (unpaired) electrons. The molecule has 0 aliphatic carbocycles. The molecule has 0 bridgehead atoms. The first-order valence-electron chi connectivity index (χ1n) is 9.35. The van der Waals surface area contributed by atoms with E-state index in [1.54, 1.807) is 0 Å². The van der Waals surface area contributed by atoms with Gasteiger partial charge in [0, 0.05) is 0 Å². The van der Waals surface area contributed by atoms with E-state index in [-0.39, 0.29) is 17.4 Å². The number of nitrogens with one attached hydrogen (secondary N) is 1. The Hall–Kier alpha value is -2.29. The smallest absolute Gasteiger partial charge is 0.261 e. The maximum atomic E-state index is 12.6. The van der Waals surface area contributed by atoms with E-state index in [1.807, 2.05) is 45.0 Å². The third-order valence-electron chi connectivity index (χ3n) is 4.60. The molecule has 0 heterocycles. The predicted molar refractivity (Wildman–Crippen MR) is 108 cm³/mol. The molecule has 0 aliphatic heterocycles. The molecule has 3 heteroatoms. The van der Waals surface area contributed by atoms with Gasteiger partial charge in [-0.15, -0.1) is 0 Å². The SMILES string of the molecule is CC[C@H](Oc1ccc(C)cc1)C(=O)N[C@@H](C)c1ccc(C(C)(C)C)cc1. The molecule has 1 N–H and O–H groups in total. The van der Waals surface area contributed by atoms with Crippen molar-refractivity contribution in [3.05, 3.63) is 65.2 Å². The second-order valence-electron chi connectivity index (χ2n) is 7.93. The van der Waals surface area contributed by atoms with E-state index in [0.717, 1.165) is 11.3 Å². The molecule has 0 aliphatic rings. The van der Waals surface area contributed by atoms with E-state index in [4.69, 9.17) is 4.74 Å². The van der Waals surface area contributed by atoms with Gasteiger partial charge in [-0.1, -0.05) is 69.7 Å². The van der Waals surface area contributed by atoms with Crippen LogP contribution in [0.1, 0.15) is 63.8 Å². The van der Waals surface area contributed by atoms with Gasteiger partial charge in [0.05, 0.1) is 6.04 Å². The molecule has 1 amide bonds. The van der Waals surface area contributed by atoms with Crippen molar-refractivity contribution in [2.24, 2.45) is 0 Å². The maximum absolute atomic E-state index is 12.6. The summed E-state index contributed by atoms with van der Waals surface area (Å²) in [4.78, 5) is 12.6. The highest BCUT2D eigenvalue weighted by Gasteiger charge is 2.21. The highest BCUT2D eigenvalue weighted by atomic mass is 16.5. The molecule has 2 aromatic carbocycles. The Bertz CT molecular complexity index is 711. The van der Waals surface area contributed by atoms with Gasteiger partial charge < -0.3 is 10.1 Å². The van der Waals surface area contributed by atoms with Crippen molar-refractivity contribution in [3.63, 3.8) is 0 Å². The number of carbonyl (C=O) groups excluding carboxylic acids is 1. The summed E-state index contributed by atoms with van der Waals surface area (Å²) in [6.45, 7) is 12.6. The van der Waals surface area contributed by atoms with Crippen LogP contribution in [0.5, 0.6) is 5.75 Å². The van der Waals surface area contributed by atoms with Crippen molar-refractivity contribution in [2.75, 3.05) is 0 Å². The van der Waals surface area contributed by atoms with E-state index in [1.165, 1.54) is 11.1 Å². The third kappa shape index (κ3) is 5.35. The van der Waals surface area contributed by atoms with E-state index >= 15 is 0 Å². The molecular weight excluding hydrogens is 322 g/mol. The van der Waals surface area contributed by atoms with Gasteiger partial charge in [0.2, 0.25) is 0 Å². The zero-order valence-corrected chi connectivity index (χ0v) is 16.8. The lowest BCUT2D eigenvalue weighted by molar-refractivity contribution is -0.128. The lowest BCUT2D eigenvalue weighted by Gasteiger charge is -2.22. The Balaban J connectivity index is 2.00. The Morgan fingerprint density at radius 2 is 1.62 bits per heavy atom. The van der Waals surface area contributed by atoms with Crippen molar-refractivity contribution in [3.8, 4) is 5.75 Å². The van der Waals surface area contributed by atoms with Gasteiger partial charge in [-0.2, -0.15) is 0 Å². The first kappa shape index (κ1) is 20.0. The van der Waals surface area contributed by atoms with Crippen LogP contribution >= 0.6 is 0 Å². The molecule has 0 spiro atoms. The summed E-state index contributed by atoms with van der Waals surface area (Å²) in [5.41, 5.74) is 3.67. The summed E-state index contributed by atoms with van der Waals surface area (Å²) >= 11 is 0. The fraction of sp³-hybridized carbons (Fsp3) is 0.435. The molecule has 2 atom stereocenters. The third-order valence-corrected chi connectivity index (χ3v) is 4.60. The molecule has 2 aromatic rings. The molecule has 26 heavy (non-hydrogen) atoms. The van der Waals surface area contributed by atoms with E-state index in [2.05, 4.69) is 50.4 Å². The highest BCUT2D eigenvalue weighted by molar-refractivity contribution is 5.81. The average molecular weight is 354 g/mol. The largest absolute Gasteiger partial charge is 0.481 e. The van der Waals surface area contributed by atoms with Crippen molar-refractivity contribution in [1.82, 2.24) is 5.32 Å². The standard InChI is InChI=1S/C23H31NO2/c1-7-21(26-20-14-8-16(2)9-15-20)22(25)24-17(3)18-10-12-19(13-11-18)23(4,5)6/h8-15,17,21H,7H2,1-6H3,(H,24,25)/t17-,21-/m0/s1. The molecule has 2 rings (SSSR count). The van der Waals surface area contributed by atoms with Crippen molar-refractivity contribution in [2.45, 2.75) is 65.5 Å². The number of hydrogen-bond donors (Lipinski definition) is 1. The average Bonchev–Trinajstić information content (AvgIpc) is 2.60. The van der Waals surface area contributed by atoms with Gasteiger partial charge in [0.1, 0.15) is 5.75 Å². The van der Waals surface area contributed by atoms with Crippen LogP contribution in [0.25, 0.3) is 0 Å². The Kier molecular flexibility index (Phi) is 6.47. The molecule has 140 valence electrons. The van der Waals surface area contributed by atoms with E-state index < -0.39 is 6.10 Å². The Labute approximate surface area is 157 Å². The van der Waals surface area contributed by atoms with Crippen LogP contribution in [0.3, 0.4) is 0 Å². The minimum atomic E-state index is -0.492. The molecule has 3 nitrogen and oxygen atoms in total. The molecule has 0 saturated heterocycles. The molecule has 0 saturated carbocycles. The van der Waals surface area contributed by atoms with Crippen LogP contribution in [-0.4, -0.2) is 12.0 Å². The Morgan fingerprint density at radius 1 is 1.04 bits per heavy atom. The van der Waals surface area contributed by atoms with Crippen LogP contribution < -0.4 is 10.1 Å². The number of rotatable bonds is 6. The summed E-state index contributed by atoms with van der Waals surface area (Å²) < 4.78 is 5.87. The predicted octanol–water partition coefficient (Wildman–Crippen LogP) is 5.33. The monoisotopic (exact) mass is 353 g/mol. The number of benzene rings is 2. The fourth-order valence-electron chi connectivity index (χ4n) is 2.76. The number of hydrogen-bond acceptors (Lipinski definition) is 2. The van der Waals surface area contributed by atoms with Gasteiger partial charge in [-0.25, -0.2) is 0 Å². The Morgan fingerprint density at radius 3 is 2.12 bits per heavy atom. The summed E-state index contributed by atoms with van der Waals surface area (Å²) in [7, 11) is 0. The minimum Gasteiger partial charge on any atom is -0.481 e. The van der Waals surface area contributed by atoms with E-state index in [0.29, 0.717) is 6.42 Å². The topological polar surface area (TPSA) is 38.3 Å². The van der Waals surface area contributed by atoms with Gasteiger partial charge in [0.25, 0.3) is 5.91 Å². The van der Waals surface area contributed by atoms with Crippen LogP contribution in [0.4, 0.5) is 0 Å². The van der Waals surface area contributed by atoms with E-state index in [9.17, 15) is 4.79 Å². The first-order valence-corrected chi connectivity index (χ1v) is 9.35. The second kappa shape index (κ2) is 8.39. The lowest BCUT2D eigenvalue weighted by Crippen LogP contribution is -2.39. The van der Waals surface area contributed by atoms with Crippen LogP contribution in [0.2, 0.25) is 0 Å². The number of aryl methyl sites for hydroxylation is 1. The zero-order chi connectivity index (χ0) is 19.3. The molecule has 0 aromatic heterocycles. The minimum absolute atomic E-state index is 0.0628. The molecule has 0 unspecified atom stereocenters. The number of amides is 1. The fourth-order valence-corrected chi connectivity index (χ4v) is 2.76. The van der Waals surface area contributed by atoms with Gasteiger partial charge in [-0.3, -0.25) is 4.79 Å². The second-order valence-corrected chi connectivity index (χ2v) is 7.93. The van der Waals surface area contributed by atoms with Gasteiger partial charge >= 0.3 is 0 Å². The van der Waals surface area contributed by atoms with Crippen LogP contribution in [-0.2, 0) is 10.2 Å². The first-order chi connectivity index (χ1) is 12.2. The summed E-state index contributed by atoms with van der Waals surface area (Å²) in [6.07, 6.45) is 0.129. The van der Waals surface area contributed by atoms with Crippen molar-refractivity contribution in [1.29, 1.82) is 0 Å². The van der Waals surface area contributed by atoms with Crippen LogP contribution in [0, 0.1) is 6.92 Å². The summed E-state index contributed by atoms with van der Waals surface area (Å²) in [5.74, 6) is 0.639. The normalized spacial score (nSPS) is 13.8. The highest BCUT2D eigenvalue weighted by Crippen LogP contribution is 2.24. The van der Waals surface area contributed by atoms with Crippen molar-refractivity contribution < 1.29 is 9.53 Å². The number of ether oxygens (including phenoxy) is 1. The van der Waals surface area contributed by atoms with Gasteiger partial charge in [-0.05, 0) is 48.9 Å². The molecule has 0 fully saturated rings. The lowest BCUT2D eigenvalue weighted by atomic mass is 9.86. The maximum Gasteiger partial charge on any atom is 0.261 e. The number of carbonyl (C=O) groups is 1. The summed E-state index contributed by atoms with van der Waals surface area (Å²) in [5, 5.41) is 3.07. The van der Waals surface area contributed by atoms with Crippen LogP contribution in [0.15, 0.2) is 48.5 Å². The van der Waals surface area contributed by atoms with Crippen molar-refractivity contribution >= 4 is 5.91 Å². The quantitative estimate of drug-likeness (QED) is 0.762. The van der Waals surface area contributed by atoms with Gasteiger partial charge in [0.15, 0.2) is 6.10 Å². The summed E-state index contributed by atoms with van der Waals surface area (Å²) in [6, 6.07) is 16.2. The zero-order valence-electron chi connectivity index (χ0n) is 16.8. The molecular formula is C23H31NO2.